The van der Waals surface area contributed by atoms with Crippen molar-refractivity contribution < 1.29 is 19.1 Å². The van der Waals surface area contributed by atoms with Gasteiger partial charge in [0.25, 0.3) is 0 Å². The minimum absolute atomic E-state index is 0.142. The molecule has 0 aliphatic heterocycles. The van der Waals surface area contributed by atoms with Crippen LogP contribution in [0.3, 0.4) is 0 Å². The van der Waals surface area contributed by atoms with Crippen LogP contribution in [0.1, 0.15) is 23.7 Å². The Kier molecular flexibility index (Phi) is 5.28. The summed E-state index contributed by atoms with van der Waals surface area (Å²) in [7, 11) is 0. The third-order valence-electron chi connectivity index (χ3n) is 2.23. The van der Waals surface area contributed by atoms with Crippen LogP contribution in [0.5, 0.6) is 0 Å². The van der Waals surface area contributed by atoms with Crippen LogP contribution in [-0.2, 0) is 9.53 Å². The molecule has 0 aromatic heterocycles. The number of carbonyl (C=O) groups is 3. The molecular formula is C13H14N2O4. The molecule has 0 spiro atoms. The second kappa shape index (κ2) is 6.95. The molecule has 0 bridgehead atoms. The molecule has 3 N–H and O–H groups in total. The highest BCUT2D eigenvalue weighted by atomic mass is 16.6. The smallest absolute Gasteiger partial charge is 0.346 e. The Morgan fingerprint density at radius 1 is 1.26 bits per heavy atom. The molecule has 0 atom stereocenters. The van der Waals surface area contributed by atoms with Gasteiger partial charge < -0.3 is 15.8 Å². The molecule has 1 aromatic rings. The highest BCUT2D eigenvalue weighted by molar-refractivity contribution is 6.02. The van der Waals surface area contributed by atoms with Gasteiger partial charge in [-0.3, -0.25) is 0 Å². The maximum absolute atomic E-state index is 11.7. The van der Waals surface area contributed by atoms with Crippen molar-refractivity contribution in [2.24, 2.45) is 5.73 Å². The predicted octanol–water partition coefficient (Wildman–Crippen LogP) is 1.33. The zero-order valence-corrected chi connectivity index (χ0v) is 10.4. The molecule has 0 saturated carbocycles. The van der Waals surface area contributed by atoms with Crippen LogP contribution in [0.2, 0.25) is 0 Å². The van der Waals surface area contributed by atoms with Crippen LogP contribution in [0, 0.1) is 0 Å². The van der Waals surface area contributed by atoms with E-state index in [1.54, 1.807) is 25.1 Å². The summed E-state index contributed by atoms with van der Waals surface area (Å²) in [6, 6.07) is 7.33. The molecule has 6 nitrogen and oxygen atoms in total. The monoisotopic (exact) mass is 262 g/mol. The van der Waals surface area contributed by atoms with Crippen molar-refractivity contribution in [2.75, 3.05) is 0 Å². The first kappa shape index (κ1) is 14.4. The number of esters is 2. The summed E-state index contributed by atoms with van der Waals surface area (Å²) in [6.07, 6.45) is 1.42. The molecule has 6 heteroatoms. The average molecular weight is 262 g/mol. The molecule has 0 radical (unpaired) electrons. The summed E-state index contributed by atoms with van der Waals surface area (Å²) in [5, 5.41) is 2.16. The van der Waals surface area contributed by atoms with Crippen molar-refractivity contribution in [2.45, 2.75) is 13.3 Å². The first-order chi connectivity index (χ1) is 9.04. The maximum atomic E-state index is 11.7. The van der Waals surface area contributed by atoms with Crippen LogP contribution in [0.4, 0.5) is 4.79 Å². The lowest BCUT2D eigenvalue weighted by Crippen LogP contribution is -2.26. The maximum Gasteiger partial charge on any atom is 0.346 e. The second-order valence-corrected chi connectivity index (χ2v) is 3.57. The Bertz CT molecular complexity index is 509. The van der Waals surface area contributed by atoms with Gasteiger partial charge in [0.05, 0.1) is 11.1 Å². The summed E-state index contributed by atoms with van der Waals surface area (Å²) in [6.45, 7) is 1.68. The lowest BCUT2D eigenvalue weighted by Gasteiger charge is -2.05. The molecule has 2 amide bonds. The first-order valence-corrected chi connectivity index (χ1v) is 5.61. The molecule has 0 heterocycles. The van der Waals surface area contributed by atoms with Gasteiger partial charge in [0, 0.05) is 6.20 Å². The highest BCUT2D eigenvalue weighted by Crippen LogP contribution is 2.06. The Hall–Kier alpha value is -2.63. The van der Waals surface area contributed by atoms with Crippen LogP contribution in [-0.4, -0.2) is 18.0 Å². The van der Waals surface area contributed by atoms with Gasteiger partial charge in [0.2, 0.25) is 0 Å². The fraction of sp³-hybridized carbons (Fsp3) is 0.154. The normalized spacial score (nSPS) is 10.7. The van der Waals surface area contributed by atoms with Gasteiger partial charge in [-0.2, -0.15) is 0 Å². The fourth-order valence-electron chi connectivity index (χ4n) is 1.25. The average Bonchev–Trinajstić information content (AvgIpc) is 2.40. The number of ether oxygens (including phenoxy) is 1. The van der Waals surface area contributed by atoms with Crippen LogP contribution >= 0.6 is 0 Å². The number of nitrogens with one attached hydrogen (secondary N) is 1. The van der Waals surface area contributed by atoms with Crippen LogP contribution in [0.25, 0.3) is 0 Å². The lowest BCUT2D eigenvalue weighted by atomic mass is 10.2. The van der Waals surface area contributed by atoms with Crippen LogP contribution in [0.15, 0.2) is 42.1 Å². The van der Waals surface area contributed by atoms with Gasteiger partial charge in [0.15, 0.2) is 0 Å². The molecular weight excluding hydrogens is 248 g/mol. The minimum atomic E-state index is -0.815. The number of urea groups is 1. The molecule has 0 unspecified atom stereocenters. The van der Waals surface area contributed by atoms with E-state index in [2.05, 4.69) is 10.1 Å². The minimum Gasteiger partial charge on any atom is -0.386 e. The van der Waals surface area contributed by atoms with E-state index in [1.165, 1.54) is 12.1 Å². The number of amides is 2. The number of rotatable bonds is 4. The standard InChI is InChI=1S/C13H14N2O4/c1-2-9(8-15-13(14)18)11(16)19-12(17)10-6-4-3-5-7-10/h3-8H,2H2,1H3,(H3,14,15,18). The van der Waals surface area contributed by atoms with Crippen molar-refractivity contribution >= 4 is 18.0 Å². The van der Waals surface area contributed by atoms with E-state index < -0.39 is 18.0 Å². The van der Waals surface area contributed by atoms with Crippen molar-refractivity contribution in [1.82, 2.24) is 5.32 Å². The van der Waals surface area contributed by atoms with Gasteiger partial charge in [-0.05, 0) is 18.6 Å². The van der Waals surface area contributed by atoms with E-state index in [1.807, 2.05) is 0 Å². The summed E-state index contributed by atoms with van der Waals surface area (Å²) < 4.78 is 4.68. The molecule has 0 aliphatic rings. The van der Waals surface area contributed by atoms with Crippen molar-refractivity contribution in [3.05, 3.63) is 47.7 Å². The number of hydrogen-bond acceptors (Lipinski definition) is 4. The van der Waals surface area contributed by atoms with E-state index in [4.69, 9.17) is 5.73 Å². The molecule has 0 fully saturated rings. The van der Waals surface area contributed by atoms with Crippen LogP contribution < -0.4 is 11.1 Å². The van der Waals surface area contributed by atoms with E-state index in [-0.39, 0.29) is 11.1 Å². The van der Waals surface area contributed by atoms with Gasteiger partial charge in [-0.15, -0.1) is 0 Å². The number of hydrogen-bond donors (Lipinski definition) is 2. The number of primary amides is 1. The summed E-state index contributed by atoms with van der Waals surface area (Å²) in [5.41, 5.74) is 5.29. The van der Waals surface area contributed by atoms with E-state index in [9.17, 15) is 14.4 Å². The second-order valence-electron chi connectivity index (χ2n) is 3.57. The molecule has 1 aromatic carbocycles. The van der Waals surface area contributed by atoms with Crippen molar-refractivity contribution in [3.8, 4) is 0 Å². The number of benzene rings is 1. The Morgan fingerprint density at radius 3 is 2.42 bits per heavy atom. The Balaban J connectivity index is 2.70. The molecule has 0 saturated heterocycles. The third kappa shape index (κ3) is 4.63. The quantitative estimate of drug-likeness (QED) is 0.486. The van der Waals surface area contributed by atoms with E-state index >= 15 is 0 Å². The van der Waals surface area contributed by atoms with Crippen molar-refractivity contribution in [1.29, 1.82) is 0 Å². The molecule has 19 heavy (non-hydrogen) atoms. The number of carbonyl (C=O) groups excluding carboxylic acids is 3. The molecule has 0 aliphatic carbocycles. The van der Waals surface area contributed by atoms with Gasteiger partial charge >= 0.3 is 18.0 Å². The van der Waals surface area contributed by atoms with E-state index in [0.717, 1.165) is 6.20 Å². The lowest BCUT2D eigenvalue weighted by molar-refractivity contribution is -0.133. The van der Waals surface area contributed by atoms with Crippen molar-refractivity contribution in [3.63, 3.8) is 0 Å². The van der Waals surface area contributed by atoms with Gasteiger partial charge in [-0.1, -0.05) is 25.1 Å². The summed E-state index contributed by atoms with van der Waals surface area (Å²) in [5.74, 6) is -1.56. The summed E-state index contributed by atoms with van der Waals surface area (Å²) >= 11 is 0. The molecule has 1 rings (SSSR count). The molecule has 100 valence electrons. The Labute approximate surface area is 110 Å². The zero-order valence-electron chi connectivity index (χ0n) is 10.4. The Morgan fingerprint density at radius 2 is 1.89 bits per heavy atom. The van der Waals surface area contributed by atoms with Gasteiger partial charge in [0.1, 0.15) is 0 Å². The highest BCUT2D eigenvalue weighted by Gasteiger charge is 2.15. The summed E-state index contributed by atoms with van der Waals surface area (Å²) in [4.78, 5) is 33.8. The predicted molar refractivity (Wildman–Crippen MR) is 68.0 cm³/mol. The topological polar surface area (TPSA) is 98.5 Å². The number of nitrogens with two attached hydrogens (primary N) is 1. The largest absolute Gasteiger partial charge is 0.386 e. The fourth-order valence-corrected chi connectivity index (χ4v) is 1.25. The first-order valence-electron chi connectivity index (χ1n) is 5.61. The van der Waals surface area contributed by atoms with Gasteiger partial charge in [-0.25, -0.2) is 14.4 Å². The van der Waals surface area contributed by atoms with E-state index in [0.29, 0.717) is 6.42 Å². The zero-order chi connectivity index (χ0) is 14.3. The third-order valence-corrected chi connectivity index (χ3v) is 2.23. The SMILES string of the molecule is CCC(=CNC(N)=O)C(=O)OC(=O)c1ccccc1.